The highest BCUT2D eigenvalue weighted by Gasteiger charge is 2.27. The van der Waals surface area contributed by atoms with Gasteiger partial charge in [-0.25, -0.2) is 8.78 Å². The molecular formula is C6H3F2IN2O3. The zero-order chi connectivity index (χ0) is 10.9. The van der Waals surface area contributed by atoms with E-state index < -0.39 is 28.2 Å². The molecule has 0 spiro atoms. The second-order valence-corrected chi connectivity index (χ2v) is 3.45. The van der Waals surface area contributed by atoms with Gasteiger partial charge in [0.25, 0.3) is 11.9 Å². The number of alkyl halides is 2. The number of H-pyrrole nitrogens is 1. The molecule has 76 valence electrons. The van der Waals surface area contributed by atoms with Gasteiger partial charge in [0.15, 0.2) is 5.69 Å². The number of nitrogens with zero attached hydrogens (tertiary/aromatic N) is 1. The van der Waals surface area contributed by atoms with Crippen LogP contribution in [0.25, 0.3) is 0 Å². The molecule has 1 aromatic rings. The van der Waals surface area contributed by atoms with Crippen LogP contribution in [-0.4, -0.2) is 9.91 Å². The molecule has 0 fully saturated rings. The van der Waals surface area contributed by atoms with Crippen molar-refractivity contribution in [2.45, 2.75) is 6.43 Å². The van der Waals surface area contributed by atoms with Crippen molar-refractivity contribution < 1.29 is 13.7 Å². The summed E-state index contributed by atoms with van der Waals surface area (Å²) in [5.41, 5.74) is -3.04. The molecule has 0 aromatic carbocycles. The van der Waals surface area contributed by atoms with Gasteiger partial charge < -0.3 is 4.98 Å². The van der Waals surface area contributed by atoms with Gasteiger partial charge in [0.2, 0.25) is 0 Å². The van der Waals surface area contributed by atoms with Gasteiger partial charge in [-0.3, -0.25) is 14.9 Å². The van der Waals surface area contributed by atoms with Gasteiger partial charge in [-0.05, 0) is 22.6 Å². The lowest BCUT2D eigenvalue weighted by Crippen LogP contribution is -2.15. The van der Waals surface area contributed by atoms with E-state index in [1.54, 1.807) is 0 Å². The number of nitrogens with one attached hydrogen (secondary N) is 1. The minimum absolute atomic E-state index is 0.00120. The number of aromatic nitrogens is 1. The number of hydrogen-bond donors (Lipinski definition) is 1. The van der Waals surface area contributed by atoms with Crippen molar-refractivity contribution in [2.75, 3.05) is 0 Å². The molecule has 14 heavy (non-hydrogen) atoms. The summed E-state index contributed by atoms with van der Waals surface area (Å²) in [5, 5.41) is 10.3. The minimum Gasteiger partial charge on any atom is -0.353 e. The number of nitro groups is 1. The molecule has 0 unspecified atom stereocenters. The molecule has 0 aliphatic carbocycles. The van der Waals surface area contributed by atoms with E-state index in [-0.39, 0.29) is 3.57 Å². The van der Waals surface area contributed by atoms with Crippen molar-refractivity contribution in [3.05, 3.63) is 35.8 Å². The Morgan fingerprint density at radius 2 is 2.14 bits per heavy atom. The van der Waals surface area contributed by atoms with Gasteiger partial charge in [-0.1, -0.05) is 0 Å². The molecule has 0 amide bonds. The van der Waals surface area contributed by atoms with Crippen LogP contribution in [0.5, 0.6) is 0 Å². The first-order valence-corrected chi connectivity index (χ1v) is 4.36. The summed E-state index contributed by atoms with van der Waals surface area (Å²) in [6, 6.07) is 0. The van der Waals surface area contributed by atoms with Crippen molar-refractivity contribution >= 4 is 28.3 Å². The summed E-state index contributed by atoms with van der Waals surface area (Å²) in [7, 11) is 0. The number of aromatic amines is 1. The molecule has 1 N–H and O–H groups in total. The third kappa shape index (κ3) is 1.89. The van der Waals surface area contributed by atoms with Crippen LogP contribution in [0.15, 0.2) is 11.0 Å². The monoisotopic (exact) mass is 316 g/mol. The van der Waals surface area contributed by atoms with Gasteiger partial charge in [-0.2, -0.15) is 0 Å². The van der Waals surface area contributed by atoms with E-state index >= 15 is 0 Å². The lowest BCUT2D eigenvalue weighted by atomic mass is 10.3. The summed E-state index contributed by atoms with van der Waals surface area (Å²) in [5.74, 6) is 0. The molecule has 0 aliphatic heterocycles. The van der Waals surface area contributed by atoms with Crippen molar-refractivity contribution in [1.82, 2.24) is 4.98 Å². The summed E-state index contributed by atoms with van der Waals surface area (Å²) in [6.45, 7) is 0. The normalized spacial score (nSPS) is 10.6. The maximum Gasteiger partial charge on any atom is 0.342 e. The minimum atomic E-state index is -3.07. The highest BCUT2D eigenvalue weighted by molar-refractivity contribution is 14.1. The standard InChI is InChI=1S/C6H3F2IN2O3/c7-6(8)3-4(11(13)14)5(12)2(9)1-10-3/h1,6H,(H,10,12). The van der Waals surface area contributed by atoms with Crippen LogP contribution in [-0.2, 0) is 0 Å². The second-order valence-electron chi connectivity index (χ2n) is 2.29. The van der Waals surface area contributed by atoms with Gasteiger partial charge in [-0.15, -0.1) is 0 Å². The number of pyridine rings is 1. The molecule has 1 heterocycles. The van der Waals surface area contributed by atoms with Crippen LogP contribution in [0.1, 0.15) is 12.1 Å². The fourth-order valence-electron chi connectivity index (χ4n) is 0.858. The molecule has 1 aromatic heterocycles. The Hall–Kier alpha value is -1.06. The molecule has 1 rings (SSSR count). The molecule has 0 bridgehead atoms. The lowest BCUT2D eigenvalue weighted by molar-refractivity contribution is -0.387. The first kappa shape index (κ1) is 11.0. The zero-order valence-corrected chi connectivity index (χ0v) is 8.62. The Kier molecular flexibility index (Phi) is 3.13. The zero-order valence-electron chi connectivity index (χ0n) is 6.46. The van der Waals surface area contributed by atoms with Gasteiger partial charge in [0.1, 0.15) is 0 Å². The maximum atomic E-state index is 12.2. The summed E-state index contributed by atoms with van der Waals surface area (Å²) < 4.78 is 24.4. The third-order valence-corrected chi connectivity index (χ3v) is 2.24. The topological polar surface area (TPSA) is 76.0 Å². The lowest BCUT2D eigenvalue weighted by Gasteiger charge is -2.00. The van der Waals surface area contributed by atoms with Crippen LogP contribution < -0.4 is 5.43 Å². The Morgan fingerprint density at radius 1 is 1.57 bits per heavy atom. The van der Waals surface area contributed by atoms with E-state index in [0.717, 1.165) is 6.20 Å². The SMILES string of the molecule is O=c1c(I)c[nH]c(C(F)F)c1[N+](=O)[O-]. The number of rotatable bonds is 2. The smallest absolute Gasteiger partial charge is 0.342 e. The number of halogens is 3. The molecule has 8 heteroatoms. The van der Waals surface area contributed by atoms with Crippen molar-refractivity contribution in [2.24, 2.45) is 0 Å². The number of hydrogen-bond acceptors (Lipinski definition) is 3. The van der Waals surface area contributed by atoms with E-state index in [9.17, 15) is 23.7 Å². The van der Waals surface area contributed by atoms with Crippen LogP contribution >= 0.6 is 22.6 Å². The van der Waals surface area contributed by atoms with Crippen LogP contribution in [0, 0.1) is 13.7 Å². The Balaban J connectivity index is 3.54. The van der Waals surface area contributed by atoms with Crippen LogP contribution in [0.4, 0.5) is 14.5 Å². The maximum absolute atomic E-state index is 12.2. The molecule has 0 aliphatic rings. The molecule has 0 atom stereocenters. The van der Waals surface area contributed by atoms with Crippen molar-refractivity contribution in [1.29, 1.82) is 0 Å². The first-order chi connectivity index (χ1) is 6.45. The van der Waals surface area contributed by atoms with Gasteiger partial charge in [0, 0.05) is 6.20 Å². The van der Waals surface area contributed by atoms with Crippen molar-refractivity contribution in [3.8, 4) is 0 Å². The fourth-order valence-corrected chi connectivity index (χ4v) is 1.27. The summed E-state index contributed by atoms with van der Waals surface area (Å²) in [6.07, 6.45) is -2.06. The highest BCUT2D eigenvalue weighted by Crippen LogP contribution is 2.23. The second kappa shape index (κ2) is 3.98. The average Bonchev–Trinajstić information content (AvgIpc) is 2.08. The highest BCUT2D eigenvalue weighted by atomic mass is 127. The predicted octanol–water partition coefficient (Wildman–Crippen LogP) is 1.83. The Labute approximate surface area is 89.4 Å². The summed E-state index contributed by atoms with van der Waals surface area (Å²) >= 11 is 1.53. The quantitative estimate of drug-likeness (QED) is 0.514. The van der Waals surface area contributed by atoms with Gasteiger partial charge >= 0.3 is 5.69 Å². The van der Waals surface area contributed by atoms with E-state index in [2.05, 4.69) is 0 Å². The van der Waals surface area contributed by atoms with E-state index in [1.165, 1.54) is 22.6 Å². The van der Waals surface area contributed by atoms with E-state index in [4.69, 9.17) is 0 Å². The molecule has 0 radical (unpaired) electrons. The molecular weight excluding hydrogens is 313 g/mol. The molecule has 5 nitrogen and oxygen atoms in total. The van der Waals surface area contributed by atoms with Crippen LogP contribution in [0.3, 0.4) is 0 Å². The third-order valence-electron chi connectivity index (χ3n) is 1.44. The average molecular weight is 316 g/mol. The Morgan fingerprint density at radius 3 is 2.57 bits per heavy atom. The molecule has 0 saturated carbocycles. The fraction of sp³-hybridized carbons (Fsp3) is 0.167. The van der Waals surface area contributed by atoms with E-state index in [0.29, 0.717) is 0 Å². The summed E-state index contributed by atoms with van der Waals surface area (Å²) in [4.78, 5) is 22.4. The van der Waals surface area contributed by atoms with E-state index in [1.807, 2.05) is 4.98 Å². The molecule has 0 saturated heterocycles. The van der Waals surface area contributed by atoms with Gasteiger partial charge in [0.05, 0.1) is 8.49 Å². The Bertz CT molecular complexity index is 432. The predicted molar refractivity (Wildman–Crippen MR) is 51.4 cm³/mol. The van der Waals surface area contributed by atoms with Crippen LogP contribution in [0.2, 0.25) is 0 Å². The first-order valence-electron chi connectivity index (χ1n) is 3.28. The van der Waals surface area contributed by atoms with Crippen molar-refractivity contribution in [3.63, 3.8) is 0 Å². The largest absolute Gasteiger partial charge is 0.353 e.